The van der Waals surface area contributed by atoms with E-state index in [4.69, 9.17) is 0 Å². The van der Waals surface area contributed by atoms with Gasteiger partial charge in [0, 0.05) is 12.8 Å². The first kappa shape index (κ1) is 15.3. The fraction of sp³-hybridized carbons (Fsp3) is 0.632. The lowest BCUT2D eigenvalue weighted by molar-refractivity contribution is -0.119. The van der Waals surface area contributed by atoms with E-state index < -0.39 is 0 Å². The van der Waals surface area contributed by atoms with Crippen molar-refractivity contribution >= 4 is 5.78 Å². The summed E-state index contributed by atoms with van der Waals surface area (Å²) in [6.07, 6.45) is 9.32. The Balaban J connectivity index is 1.97. The van der Waals surface area contributed by atoms with Crippen LogP contribution < -0.4 is 0 Å². The van der Waals surface area contributed by atoms with Crippen molar-refractivity contribution in [2.75, 3.05) is 0 Å². The third-order valence-electron chi connectivity index (χ3n) is 4.71. The molecular formula is C19H28O. The third-order valence-corrected chi connectivity index (χ3v) is 4.71. The molecule has 0 spiro atoms. The Morgan fingerprint density at radius 1 is 1.00 bits per heavy atom. The minimum Gasteiger partial charge on any atom is -0.299 e. The van der Waals surface area contributed by atoms with Crippen molar-refractivity contribution in [3.8, 4) is 0 Å². The predicted octanol–water partition coefficient (Wildman–Crippen LogP) is 5.08. The maximum absolute atomic E-state index is 12.4. The van der Waals surface area contributed by atoms with Gasteiger partial charge in [0.25, 0.3) is 0 Å². The third kappa shape index (κ3) is 4.19. The molecule has 1 aromatic rings. The van der Waals surface area contributed by atoms with Gasteiger partial charge in [-0.1, -0.05) is 56.2 Å². The fourth-order valence-electron chi connectivity index (χ4n) is 3.65. The standard InChI is InChI=1S/C19H28O/c1-14-10-15(2)19(16(3)11-14)13-18(20)12-17-8-6-4-5-7-9-17/h10-11,17H,4-9,12-13H2,1-3H3. The zero-order valence-corrected chi connectivity index (χ0v) is 13.3. The van der Waals surface area contributed by atoms with E-state index in [0.717, 1.165) is 6.42 Å². The number of Topliss-reactive ketones (excluding diaryl/α,β-unsaturated/α-hetero) is 1. The average molecular weight is 272 g/mol. The summed E-state index contributed by atoms with van der Waals surface area (Å²) in [5.74, 6) is 1.09. The summed E-state index contributed by atoms with van der Waals surface area (Å²) in [7, 11) is 0. The van der Waals surface area contributed by atoms with Crippen LogP contribution in [0.5, 0.6) is 0 Å². The van der Waals surface area contributed by atoms with Gasteiger partial charge in [-0.05, 0) is 43.4 Å². The Morgan fingerprint density at radius 3 is 2.10 bits per heavy atom. The predicted molar refractivity (Wildman–Crippen MR) is 85.2 cm³/mol. The fourth-order valence-corrected chi connectivity index (χ4v) is 3.65. The van der Waals surface area contributed by atoms with Crippen LogP contribution in [0.25, 0.3) is 0 Å². The Morgan fingerprint density at radius 2 is 1.55 bits per heavy atom. The van der Waals surface area contributed by atoms with Gasteiger partial charge in [-0.15, -0.1) is 0 Å². The van der Waals surface area contributed by atoms with Crippen molar-refractivity contribution in [2.45, 2.75) is 72.1 Å². The molecule has 0 radical (unpaired) electrons. The highest BCUT2D eigenvalue weighted by atomic mass is 16.1. The maximum atomic E-state index is 12.4. The summed E-state index contributed by atoms with van der Waals surface area (Å²) in [5.41, 5.74) is 5.10. The van der Waals surface area contributed by atoms with Crippen LogP contribution in [0.3, 0.4) is 0 Å². The number of hydrogen-bond donors (Lipinski definition) is 0. The molecule has 0 amide bonds. The van der Waals surface area contributed by atoms with E-state index in [1.54, 1.807) is 0 Å². The first-order chi connectivity index (χ1) is 9.56. The summed E-state index contributed by atoms with van der Waals surface area (Å²) in [6, 6.07) is 4.39. The van der Waals surface area contributed by atoms with E-state index in [1.807, 2.05) is 0 Å². The molecule has 1 saturated carbocycles. The van der Waals surface area contributed by atoms with Gasteiger partial charge >= 0.3 is 0 Å². The van der Waals surface area contributed by atoms with Crippen LogP contribution >= 0.6 is 0 Å². The lowest BCUT2D eigenvalue weighted by atomic mass is 9.90. The minimum atomic E-state index is 0.437. The maximum Gasteiger partial charge on any atom is 0.137 e. The van der Waals surface area contributed by atoms with E-state index in [1.165, 1.54) is 60.8 Å². The molecule has 2 rings (SSSR count). The zero-order chi connectivity index (χ0) is 14.5. The van der Waals surface area contributed by atoms with Gasteiger partial charge in [0.15, 0.2) is 0 Å². The van der Waals surface area contributed by atoms with Gasteiger partial charge < -0.3 is 0 Å². The molecule has 110 valence electrons. The van der Waals surface area contributed by atoms with Crippen molar-refractivity contribution in [2.24, 2.45) is 5.92 Å². The van der Waals surface area contributed by atoms with Crippen molar-refractivity contribution in [3.63, 3.8) is 0 Å². The van der Waals surface area contributed by atoms with Gasteiger partial charge in [-0.25, -0.2) is 0 Å². The number of ketones is 1. The Hall–Kier alpha value is -1.11. The van der Waals surface area contributed by atoms with Crippen LogP contribution in [0.15, 0.2) is 12.1 Å². The van der Waals surface area contributed by atoms with E-state index in [-0.39, 0.29) is 0 Å². The molecule has 1 heteroatoms. The molecule has 1 nitrogen and oxygen atoms in total. The van der Waals surface area contributed by atoms with Crippen molar-refractivity contribution < 1.29 is 4.79 Å². The van der Waals surface area contributed by atoms with Crippen LogP contribution in [0.1, 0.15) is 67.2 Å². The molecule has 1 fully saturated rings. The second kappa shape index (κ2) is 7.06. The highest BCUT2D eigenvalue weighted by Gasteiger charge is 2.17. The number of benzene rings is 1. The Labute approximate surface area is 123 Å². The highest BCUT2D eigenvalue weighted by Crippen LogP contribution is 2.26. The lowest BCUT2D eigenvalue weighted by Gasteiger charge is -2.15. The van der Waals surface area contributed by atoms with Crippen molar-refractivity contribution in [1.29, 1.82) is 0 Å². The second-order valence-corrected chi connectivity index (χ2v) is 6.65. The quantitative estimate of drug-likeness (QED) is 0.698. The van der Waals surface area contributed by atoms with Gasteiger partial charge in [-0.3, -0.25) is 4.79 Å². The lowest BCUT2D eigenvalue weighted by Crippen LogP contribution is -2.12. The monoisotopic (exact) mass is 272 g/mol. The summed E-state index contributed by atoms with van der Waals surface area (Å²) < 4.78 is 0. The summed E-state index contributed by atoms with van der Waals surface area (Å²) >= 11 is 0. The number of carbonyl (C=O) groups is 1. The van der Waals surface area contributed by atoms with E-state index in [2.05, 4.69) is 32.9 Å². The van der Waals surface area contributed by atoms with Gasteiger partial charge in [0.2, 0.25) is 0 Å². The Kier molecular flexibility index (Phi) is 5.39. The second-order valence-electron chi connectivity index (χ2n) is 6.65. The van der Waals surface area contributed by atoms with Crippen LogP contribution in [0, 0.1) is 26.7 Å². The highest BCUT2D eigenvalue weighted by molar-refractivity contribution is 5.81. The van der Waals surface area contributed by atoms with Crippen LogP contribution in [0.4, 0.5) is 0 Å². The minimum absolute atomic E-state index is 0.437. The van der Waals surface area contributed by atoms with E-state index in [0.29, 0.717) is 18.1 Å². The Bertz CT molecular complexity index is 442. The first-order valence-electron chi connectivity index (χ1n) is 8.14. The molecule has 0 unspecified atom stereocenters. The molecule has 0 saturated heterocycles. The number of carbonyl (C=O) groups excluding carboxylic acids is 1. The summed E-state index contributed by atoms with van der Waals surface area (Å²) in [4.78, 5) is 12.4. The largest absolute Gasteiger partial charge is 0.299 e. The smallest absolute Gasteiger partial charge is 0.137 e. The zero-order valence-electron chi connectivity index (χ0n) is 13.3. The molecule has 1 aromatic carbocycles. The van der Waals surface area contributed by atoms with Crippen LogP contribution in [-0.4, -0.2) is 5.78 Å². The normalized spacial score (nSPS) is 16.9. The molecule has 0 bridgehead atoms. The van der Waals surface area contributed by atoms with Crippen LogP contribution in [0.2, 0.25) is 0 Å². The number of rotatable bonds is 4. The topological polar surface area (TPSA) is 17.1 Å². The van der Waals surface area contributed by atoms with Crippen molar-refractivity contribution in [3.05, 3.63) is 34.4 Å². The van der Waals surface area contributed by atoms with Gasteiger partial charge in [0.05, 0.1) is 0 Å². The SMILES string of the molecule is Cc1cc(C)c(CC(=O)CC2CCCCCC2)c(C)c1. The molecule has 0 aliphatic heterocycles. The molecule has 20 heavy (non-hydrogen) atoms. The molecule has 0 heterocycles. The average Bonchev–Trinajstić information content (AvgIpc) is 2.62. The number of hydrogen-bond acceptors (Lipinski definition) is 1. The molecule has 1 aliphatic rings. The molecular weight excluding hydrogens is 244 g/mol. The first-order valence-corrected chi connectivity index (χ1v) is 8.14. The van der Waals surface area contributed by atoms with Gasteiger partial charge in [0.1, 0.15) is 5.78 Å². The molecule has 0 aromatic heterocycles. The van der Waals surface area contributed by atoms with Gasteiger partial charge in [-0.2, -0.15) is 0 Å². The van der Waals surface area contributed by atoms with Crippen molar-refractivity contribution in [1.82, 2.24) is 0 Å². The molecule has 0 atom stereocenters. The molecule has 1 aliphatic carbocycles. The summed E-state index contributed by atoms with van der Waals surface area (Å²) in [5, 5.41) is 0. The van der Waals surface area contributed by atoms with Crippen LogP contribution in [-0.2, 0) is 11.2 Å². The number of aryl methyl sites for hydroxylation is 3. The van der Waals surface area contributed by atoms with E-state index >= 15 is 0 Å². The summed E-state index contributed by atoms with van der Waals surface area (Å²) in [6.45, 7) is 6.39. The molecule has 0 N–H and O–H groups in total. The van der Waals surface area contributed by atoms with E-state index in [9.17, 15) is 4.79 Å².